The van der Waals surface area contributed by atoms with Crippen LogP contribution in [0.3, 0.4) is 0 Å². The van der Waals surface area contributed by atoms with Gasteiger partial charge in [-0.05, 0) is 44.0 Å². The fraction of sp³-hybridized carbons (Fsp3) is 0.250. The first-order valence-electron chi connectivity index (χ1n) is 3.40. The summed E-state index contributed by atoms with van der Waals surface area (Å²) in [5.41, 5.74) is 0.965. The Morgan fingerprint density at radius 3 is 2.33 bits per heavy atom. The molecule has 0 amide bonds. The lowest BCUT2D eigenvalue weighted by atomic mass is 10.3. The third-order valence-electron chi connectivity index (χ3n) is 1.51. The molecular weight excluding hydrogens is 286 g/mol. The molecule has 0 bridgehead atoms. The highest BCUT2D eigenvalue weighted by Gasteiger charge is 2.04. The highest BCUT2D eigenvalue weighted by Crippen LogP contribution is 2.34. The van der Waals surface area contributed by atoms with Crippen molar-refractivity contribution in [2.45, 2.75) is 0 Å². The van der Waals surface area contributed by atoms with E-state index in [4.69, 9.17) is 4.74 Å². The van der Waals surface area contributed by atoms with Gasteiger partial charge in [0.05, 0.1) is 12.8 Å². The zero-order valence-corrected chi connectivity index (χ0v) is 9.99. The summed E-state index contributed by atoms with van der Waals surface area (Å²) in [6.45, 7) is 0. The fourth-order valence-electron chi connectivity index (χ4n) is 0.893. The number of methoxy groups -OCH3 is 1. The van der Waals surface area contributed by atoms with Crippen LogP contribution in [0.1, 0.15) is 0 Å². The molecule has 2 nitrogen and oxygen atoms in total. The minimum atomic E-state index is 0.826. The molecule has 1 rings (SSSR count). The number of nitrogens with one attached hydrogen (secondary N) is 1. The van der Waals surface area contributed by atoms with Gasteiger partial charge in [0.1, 0.15) is 5.75 Å². The Bertz CT molecular complexity index is 260. The molecule has 0 heterocycles. The molecule has 0 aliphatic carbocycles. The van der Waals surface area contributed by atoms with Crippen LogP contribution in [-0.2, 0) is 0 Å². The smallest absolute Gasteiger partial charge is 0.143 e. The van der Waals surface area contributed by atoms with Crippen LogP contribution in [0, 0.1) is 0 Å². The molecule has 66 valence electrons. The maximum atomic E-state index is 5.16. The molecule has 0 aliphatic rings. The van der Waals surface area contributed by atoms with Gasteiger partial charge in [-0.15, -0.1) is 0 Å². The van der Waals surface area contributed by atoms with Crippen molar-refractivity contribution in [3.05, 3.63) is 21.1 Å². The van der Waals surface area contributed by atoms with Gasteiger partial charge >= 0.3 is 0 Å². The average molecular weight is 295 g/mol. The second kappa shape index (κ2) is 4.14. The lowest BCUT2D eigenvalue weighted by molar-refractivity contribution is 0.416. The van der Waals surface area contributed by atoms with Gasteiger partial charge in [-0.1, -0.05) is 0 Å². The zero-order chi connectivity index (χ0) is 9.14. The molecule has 1 aromatic carbocycles. The van der Waals surface area contributed by atoms with Gasteiger partial charge in [0.2, 0.25) is 0 Å². The fourth-order valence-corrected chi connectivity index (χ4v) is 1.56. The number of ether oxygens (including phenoxy) is 1. The summed E-state index contributed by atoms with van der Waals surface area (Å²) >= 11 is 6.80. The molecule has 0 saturated heterocycles. The van der Waals surface area contributed by atoms with Crippen LogP contribution < -0.4 is 10.1 Å². The minimum absolute atomic E-state index is 0.826. The summed E-state index contributed by atoms with van der Waals surface area (Å²) in [6.07, 6.45) is 0. The van der Waals surface area contributed by atoms with Gasteiger partial charge in [0.25, 0.3) is 0 Å². The van der Waals surface area contributed by atoms with Crippen molar-refractivity contribution in [2.75, 3.05) is 19.5 Å². The summed E-state index contributed by atoms with van der Waals surface area (Å²) in [4.78, 5) is 0. The molecule has 0 aliphatic heterocycles. The minimum Gasteiger partial charge on any atom is -0.495 e. The second-order valence-corrected chi connectivity index (χ2v) is 3.93. The van der Waals surface area contributed by atoms with E-state index in [1.807, 2.05) is 19.2 Å². The normalized spacial score (nSPS) is 9.67. The first kappa shape index (κ1) is 9.86. The van der Waals surface area contributed by atoms with Crippen molar-refractivity contribution in [2.24, 2.45) is 0 Å². The Labute approximate surface area is 88.6 Å². The van der Waals surface area contributed by atoms with Crippen LogP contribution in [0.5, 0.6) is 5.75 Å². The molecule has 0 fully saturated rings. The van der Waals surface area contributed by atoms with Crippen LogP contribution in [0.15, 0.2) is 21.1 Å². The van der Waals surface area contributed by atoms with E-state index in [-0.39, 0.29) is 0 Å². The van der Waals surface area contributed by atoms with Crippen molar-refractivity contribution in [3.8, 4) is 5.75 Å². The molecule has 1 aromatic rings. The number of hydrogen-bond acceptors (Lipinski definition) is 2. The topological polar surface area (TPSA) is 21.3 Å². The molecule has 1 N–H and O–H groups in total. The highest BCUT2D eigenvalue weighted by molar-refractivity contribution is 9.13. The van der Waals surface area contributed by atoms with E-state index in [9.17, 15) is 0 Å². The van der Waals surface area contributed by atoms with Gasteiger partial charge in [-0.3, -0.25) is 0 Å². The van der Waals surface area contributed by atoms with E-state index in [0.29, 0.717) is 0 Å². The number of hydrogen-bond donors (Lipinski definition) is 1. The standard InChI is InChI=1S/C8H9Br2NO/c1-11-7-3-5(9)6(10)4-8(7)12-2/h3-4,11H,1-2H3. The molecule has 0 unspecified atom stereocenters. The van der Waals surface area contributed by atoms with Gasteiger partial charge in [0.15, 0.2) is 0 Å². The summed E-state index contributed by atoms with van der Waals surface area (Å²) in [5, 5.41) is 3.04. The van der Waals surface area contributed by atoms with Crippen molar-refractivity contribution in [1.82, 2.24) is 0 Å². The summed E-state index contributed by atoms with van der Waals surface area (Å²) < 4.78 is 7.15. The van der Waals surface area contributed by atoms with Crippen LogP contribution in [0.4, 0.5) is 5.69 Å². The molecule has 0 aromatic heterocycles. The van der Waals surface area contributed by atoms with Crippen LogP contribution >= 0.6 is 31.9 Å². The third-order valence-corrected chi connectivity index (χ3v) is 3.36. The maximum Gasteiger partial charge on any atom is 0.143 e. The van der Waals surface area contributed by atoms with Crippen molar-refractivity contribution < 1.29 is 4.74 Å². The Hall–Kier alpha value is -0.220. The highest BCUT2D eigenvalue weighted by atomic mass is 79.9. The summed E-state index contributed by atoms with van der Waals surface area (Å²) in [6, 6.07) is 3.87. The summed E-state index contributed by atoms with van der Waals surface area (Å²) in [5.74, 6) is 0.826. The van der Waals surface area contributed by atoms with Gasteiger partial charge in [0, 0.05) is 16.0 Å². The lowest BCUT2D eigenvalue weighted by Crippen LogP contribution is -1.93. The van der Waals surface area contributed by atoms with Crippen LogP contribution in [0.25, 0.3) is 0 Å². The SMILES string of the molecule is CNc1cc(Br)c(Br)cc1OC. The van der Waals surface area contributed by atoms with Gasteiger partial charge in [-0.2, -0.15) is 0 Å². The number of anilines is 1. The van der Waals surface area contributed by atoms with Crippen molar-refractivity contribution in [1.29, 1.82) is 0 Å². The monoisotopic (exact) mass is 293 g/mol. The first-order chi connectivity index (χ1) is 5.69. The second-order valence-electron chi connectivity index (χ2n) is 2.22. The number of rotatable bonds is 2. The third kappa shape index (κ3) is 1.93. The first-order valence-corrected chi connectivity index (χ1v) is 4.98. The van der Waals surface area contributed by atoms with E-state index in [1.165, 1.54) is 0 Å². The Morgan fingerprint density at radius 2 is 1.83 bits per heavy atom. The van der Waals surface area contributed by atoms with Crippen molar-refractivity contribution >= 4 is 37.5 Å². The predicted molar refractivity (Wildman–Crippen MR) is 57.9 cm³/mol. The van der Waals surface area contributed by atoms with Crippen molar-refractivity contribution in [3.63, 3.8) is 0 Å². The predicted octanol–water partition coefficient (Wildman–Crippen LogP) is 3.26. The Balaban J connectivity index is 3.19. The lowest BCUT2D eigenvalue weighted by Gasteiger charge is -2.09. The molecule has 0 saturated carbocycles. The molecular formula is C8H9Br2NO. The largest absolute Gasteiger partial charge is 0.495 e. The molecule has 12 heavy (non-hydrogen) atoms. The summed E-state index contributed by atoms with van der Waals surface area (Å²) in [7, 11) is 3.51. The molecule has 4 heteroatoms. The Morgan fingerprint density at radius 1 is 1.25 bits per heavy atom. The van der Waals surface area contributed by atoms with E-state index >= 15 is 0 Å². The maximum absolute atomic E-state index is 5.16. The molecule has 0 radical (unpaired) electrons. The van der Waals surface area contributed by atoms with Crippen LogP contribution in [-0.4, -0.2) is 14.2 Å². The number of halogens is 2. The van der Waals surface area contributed by atoms with E-state index in [2.05, 4.69) is 37.2 Å². The quantitative estimate of drug-likeness (QED) is 0.904. The average Bonchev–Trinajstić information content (AvgIpc) is 2.09. The zero-order valence-electron chi connectivity index (χ0n) is 6.82. The van der Waals surface area contributed by atoms with Crippen LogP contribution in [0.2, 0.25) is 0 Å². The molecule has 0 spiro atoms. The van der Waals surface area contributed by atoms with Gasteiger partial charge < -0.3 is 10.1 Å². The van der Waals surface area contributed by atoms with Gasteiger partial charge in [-0.25, -0.2) is 0 Å². The van der Waals surface area contributed by atoms with E-state index in [1.54, 1.807) is 7.11 Å². The van der Waals surface area contributed by atoms with E-state index < -0.39 is 0 Å². The number of benzene rings is 1. The molecule has 0 atom stereocenters. The Kier molecular flexibility index (Phi) is 3.40. The van der Waals surface area contributed by atoms with E-state index in [0.717, 1.165) is 20.4 Å².